The van der Waals surface area contributed by atoms with E-state index in [0.717, 1.165) is 4.90 Å². The molecule has 1 amide bonds. The molecule has 114 valence electrons. The Balaban J connectivity index is 2.66. The molecular formula is C12H18F3N3OS. The van der Waals surface area contributed by atoms with Gasteiger partial charge in [-0.05, 0) is 5.92 Å². The van der Waals surface area contributed by atoms with E-state index in [1.54, 1.807) is 11.6 Å². The summed E-state index contributed by atoms with van der Waals surface area (Å²) in [4.78, 5) is 18.4. The number of alkyl halides is 3. The Labute approximate surface area is 120 Å². The Morgan fingerprint density at radius 1 is 1.45 bits per heavy atom. The maximum absolute atomic E-state index is 12.5. The summed E-state index contributed by atoms with van der Waals surface area (Å²) in [6, 6.07) is 0. The van der Waals surface area contributed by atoms with E-state index in [2.05, 4.69) is 4.98 Å². The van der Waals surface area contributed by atoms with Crippen molar-refractivity contribution in [2.45, 2.75) is 20.0 Å². The van der Waals surface area contributed by atoms with Crippen LogP contribution in [0.5, 0.6) is 0 Å². The van der Waals surface area contributed by atoms with Crippen molar-refractivity contribution in [1.82, 2.24) is 9.88 Å². The summed E-state index contributed by atoms with van der Waals surface area (Å²) in [6.45, 7) is 2.50. The molecule has 0 N–H and O–H groups in total. The normalized spacial score (nSPS) is 12.2. The Morgan fingerprint density at radius 3 is 2.55 bits per heavy atom. The second-order valence-electron chi connectivity index (χ2n) is 4.95. The molecule has 0 aliphatic carbocycles. The summed E-state index contributed by atoms with van der Waals surface area (Å²) in [7, 11) is 1.52. The topological polar surface area (TPSA) is 36.4 Å². The number of hydrogen-bond donors (Lipinski definition) is 0. The minimum atomic E-state index is -4.31. The van der Waals surface area contributed by atoms with E-state index in [0.29, 0.717) is 5.13 Å². The molecule has 0 fully saturated rings. The smallest absolute Gasteiger partial charge is 0.290 e. The van der Waals surface area contributed by atoms with Crippen molar-refractivity contribution in [3.05, 3.63) is 11.6 Å². The Morgan fingerprint density at radius 2 is 2.10 bits per heavy atom. The number of amides is 1. The summed E-state index contributed by atoms with van der Waals surface area (Å²) in [6.07, 6.45) is -2.76. The summed E-state index contributed by atoms with van der Waals surface area (Å²) >= 11 is 1.27. The SMILES string of the molecule is CC(C)CN(CC(=O)N(C)c1nccs1)CC(F)(F)F. The lowest BCUT2D eigenvalue weighted by Crippen LogP contribution is -2.44. The number of carbonyl (C=O) groups excluding carboxylic acids is 1. The number of likely N-dealkylation sites (N-methyl/N-ethyl adjacent to an activating group) is 1. The molecule has 20 heavy (non-hydrogen) atoms. The second kappa shape index (κ2) is 7.03. The minimum absolute atomic E-state index is 0.0512. The van der Waals surface area contributed by atoms with E-state index in [-0.39, 0.29) is 19.0 Å². The number of hydrogen-bond acceptors (Lipinski definition) is 4. The van der Waals surface area contributed by atoms with Crippen LogP contribution in [0, 0.1) is 5.92 Å². The number of halogens is 3. The van der Waals surface area contributed by atoms with Crippen LogP contribution in [-0.4, -0.2) is 48.6 Å². The molecule has 0 unspecified atom stereocenters. The third-order valence-electron chi connectivity index (χ3n) is 2.47. The van der Waals surface area contributed by atoms with Crippen LogP contribution in [0.25, 0.3) is 0 Å². The first-order valence-corrected chi connectivity index (χ1v) is 7.02. The highest BCUT2D eigenvalue weighted by Crippen LogP contribution is 2.19. The van der Waals surface area contributed by atoms with Gasteiger partial charge in [0.15, 0.2) is 5.13 Å². The van der Waals surface area contributed by atoms with Gasteiger partial charge < -0.3 is 0 Å². The second-order valence-corrected chi connectivity index (χ2v) is 5.82. The van der Waals surface area contributed by atoms with Gasteiger partial charge in [0.05, 0.1) is 13.1 Å². The number of aromatic nitrogens is 1. The maximum atomic E-state index is 12.5. The van der Waals surface area contributed by atoms with Gasteiger partial charge in [-0.15, -0.1) is 11.3 Å². The van der Waals surface area contributed by atoms with Gasteiger partial charge in [-0.2, -0.15) is 13.2 Å². The third kappa shape index (κ3) is 5.87. The standard InChI is InChI=1S/C12H18F3N3OS/c1-9(2)6-18(8-12(13,14)15)7-10(19)17(3)11-16-4-5-20-11/h4-5,9H,6-8H2,1-3H3. The molecule has 4 nitrogen and oxygen atoms in total. The van der Waals surface area contributed by atoms with E-state index in [4.69, 9.17) is 0 Å². The molecule has 1 aromatic heterocycles. The molecule has 0 aliphatic rings. The van der Waals surface area contributed by atoms with Gasteiger partial charge in [0, 0.05) is 25.2 Å². The van der Waals surface area contributed by atoms with Gasteiger partial charge in [0.2, 0.25) is 5.91 Å². The average molecular weight is 309 g/mol. The van der Waals surface area contributed by atoms with Crippen LogP contribution in [0.1, 0.15) is 13.8 Å². The zero-order chi connectivity index (χ0) is 15.3. The highest BCUT2D eigenvalue weighted by molar-refractivity contribution is 7.13. The predicted molar refractivity (Wildman–Crippen MR) is 72.9 cm³/mol. The van der Waals surface area contributed by atoms with Gasteiger partial charge in [0.1, 0.15) is 0 Å². The van der Waals surface area contributed by atoms with Crippen LogP contribution in [0.15, 0.2) is 11.6 Å². The average Bonchev–Trinajstić information content (AvgIpc) is 2.77. The summed E-state index contributed by atoms with van der Waals surface area (Å²) in [5, 5.41) is 2.19. The molecule has 1 aromatic rings. The maximum Gasteiger partial charge on any atom is 0.401 e. The largest absolute Gasteiger partial charge is 0.401 e. The van der Waals surface area contributed by atoms with Crippen LogP contribution in [0.2, 0.25) is 0 Å². The molecule has 0 atom stereocenters. The number of thiazole rings is 1. The molecule has 0 saturated carbocycles. The van der Waals surface area contributed by atoms with Crippen molar-refractivity contribution < 1.29 is 18.0 Å². The molecule has 8 heteroatoms. The fraction of sp³-hybridized carbons (Fsp3) is 0.667. The Bertz CT molecular complexity index is 420. The first-order chi connectivity index (χ1) is 9.19. The molecular weight excluding hydrogens is 291 g/mol. The number of anilines is 1. The molecule has 1 rings (SSSR count). The molecule has 0 saturated heterocycles. The molecule has 0 radical (unpaired) electrons. The van der Waals surface area contributed by atoms with Gasteiger partial charge in [-0.3, -0.25) is 14.6 Å². The van der Waals surface area contributed by atoms with Crippen LogP contribution in [0.3, 0.4) is 0 Å². The van der Waals surface area contributed by atoms with E-state index in [1.165, 1.54) is 23.3 Å². The van der Waals surface area contributed by atoms with Crippen LogP contribution >= 0.6 is 11.3 Å². The number of carbonyl (C=O) groups is 1. The van der Waals surface area contributed by atoms with Crippen molar-refractivity contribution in [3.63, 3.8) is 0 Å². The van der Waals surface area contributed by atoms with Crippen LogP contribution in [-0.2, 0) is 4.79 Å². The lowest BCUT2D eigenvalue weighted by Gasteiger charge is -2.26. The summed E-state index contributed by atoms with van der Waals surface area (Å²) in [5.74, 6) is -0.347. The van der Waals surface area contributed by atoms with Gasteiger partial charge in [-0.1, -0.05) is 13.8 Å². The molecule has 0 spiro atoms. The molecule has 0 bridgehead atoms. The fourth-order valence-electron chi connectivity index (χ4n) is 1.74. The van der Waals surface area contributed by atoms with Crippen molar-refractivity contribution in [2.24, 2.45) is 5.92 Å². The number of rotatable bonds is 6. The van der Waals surface area contributed by atoms with E-state index < -0.39 is 18.6 Å². The van der Waals surface area contributed by atoms with Crippen LogP contribution < -0.4 is 4.90 Å². The van der Waals surface area contributed by atoms with Crippen LogP contribution in [0.4, 0.5) is 18.3 Å². The number of nitrogens with zero attached hydrogens (tertiary/aromatic N) is 3. The van der Waals surface area contributed by atoms with Gasteiger partial charge in [0.25, 0.3) is 0 Å². The van der Waals surface area contributed by atoms with E-state index in [1.807, 2.05) is 13.8 Å². The predicted octanol–water partition coefficient (Wildman–Crippen LogP) is 2.63. The highest BCUT2D eigenvalue weighted by atomic mass is 32.1. The summed E-state index contributed by atoms with van der Waals surface area (Å²) in [5.41, 5.74) is 0. The third-order valence-corrected chi connectivity index (χ3v) is 3.31. The monoisotopic (exact) mass is 309 g/mol. The first-order valence-electron chi connectivity index (χ1n) is 6.14. The molecule has 1 heterocycles. The highest BCUT2D eigenvalue weighted by Gasteiger charge is 2.32. The molecule has 0 aromatic carbocycles. The molecule has 0 aliphatic heterocycles. The quantitative estimate of drug-likeness (QED) is 0.810. The van der Waals surface area contributed by atoms with Crippen molar-refractivity contribution in [2.75, 3.05) is 31.6 Å². The van der Waals surface area contributed by atoms with E-state index >= 15 is 0 Å². The van der Waals surface area contributed by atoms with Gasteiger partial charge in [-0.25, -0.2) is 4.98 Å². The Hall–Kier alpha value is -1.15. The lowest BCUT2D eigenvalue weighted by molar-refractivity contribution is -0.149. The Kier molecular flexibility index (Phi) is 5.94. The summed E-state index contributed by atoms with van der Waals surface area (Å²) < 4.78 is 37.5. The van der Waals surface area contributed by atoms with E-state index in [9.17, 15) is 18.0 Å². The van der Waals surface area contributed by atoms with Crippen molar-refractivity contribution in [1.29, 1.82) is 0 Å². The lowest BCUT2D eigenvalue weighted by atomic mass is 10.2. The minimum Gasteiger partial charge on any atom is -0.290 e. The van der Waals surface area contributed by atoms with Crippen molar-refractivity contribution in [3.8, 4) is 0 Å². The van der Waals surface area contributed by atoms with Crippen molar-refractivity contribution >= 4 is 22.4 Å². The first kappa shape index (κ1) is 16.9. The fourth-order valence-corrected chi connectivity index (χ4v) is 2.37. The zero-order valence-corrected chi connectivity index (χ0v) is 12.5. The zero-order valence-electron chi connectivity index (χ0n) is 11.6. The van der Waals surface area contributed by atoms with Gasteiger partial charge >= 0.3 is 6.18 Å².